The van der Waals surface area contributed by atoms with Gasteiger partial charge in [-0.2, -0.15) is 4.31 Å². The van der Waals surface area contributed by atoms with Crippen LogP contribution in [-0.2, 0) is 16.6 Å². The van der Waals surface area contributed by atoms with Crippen molar-refractivity contribution in [3.8, 4) is 0 Å². The molecular formula is C14H25IN4O3S. The first kappa shape index (κ1) is 20.2. The number of nitrogens with one attached hydrogen (secondary N) is 2. The maximum atomic E-state index is 11.8. The predicted molar refractivity (Wildman–Crippen MR) is 102 cm³/mol. The van der Waals surface area contributed by atoms with Crippen molar-refractivity contribution in [2.75, 3.05) is 26.4 Å². The molecule has 0 bridgehead atoms. The van der Waals surface area contributed by atoms with Gasteiger partial charge in [0.1, 0.15) is 5.76 Å². The summed E-state index contributed by atoms with van der Waals surface area (Å²) in [4.78, 5) is 4.14. The molecule has 0 spiro atoms. The number of nitrogens with zero attached hydrogens (tertiary/aromatic N) is 2. The Morgan fingerprint density at radius 1 is 1.43 bits per heavy atom. The summed E-state index contributed by atoms with van der Waals surface area (Å²) in [6.45, 7) is 1.68. The molecule has 132 valence electrons. The quantitative estimate of drug-likeness (QED) is 0.397. The summed E-state index contributed by atoms with van der Waals surface area (Å²) < 4.78 is 30.5. The van der Waals surface area contributed by atoms with E-state index in [4.69, 9.17) is 4.42 Å². The molecule has 0 aliphatic carbocycles. The van der Waals surface area contributed by atoms with Gasteiger partial charge in [-0.05, 0) is 25.0 Å². The van der Waals surface area contributed by atoms with Gasteiger partial charge in [-0.1, -0.05) is 6.42 Å². The number of furan rings is 1. The Morgan fingerprint density at radius 2 is 2.22 bits per heavy atom. The molecule has 9 heteroatoms. The fourth-order valence-corrected chi connectivity index (χ4v) is 3.82. The predicted octanol–water partition coefficient (Wildman–Crippen LogP) is 1.38. The van der Waals surface area contributed by atoms with Crippen LogP contribution in [0.2, 0.25) is 0 Å². The Hall–Kier alpha value is -0.810. The molecule has 2 rings (SSSR count). The summed E-state index contributed by atoms with van der Waals surface area (Å²) in [5, 5.41) is 6.34. The van der Waals surface area contributed by atoms with Crippen LogP contribution in [0.4, 0.5) is 0 Å². The van der Waals surface area contributed by atoms with E-state index in [1.807, 2.05) is 12.1 Å². The lowest BCUT2D eigenvalue weighted by atomic mass is 10.1. The van der Waals surface area contributed by atoms with Crippen molar-refractivity contribution < 1.29 is 12.8 Å². The second-order valence-corrected chi connectivity index (χ2v) is 7.34. The molecule has 1 aliphatic rings. The van der Waals surface area contributed by atoms with Crippen molar-refractivity contribution in [2.24, 2.45) is 4.99 Å². The maximum absolute atomic E-state index is 11.8. The number of hydrogen-bond acceptors (Lipinski definition) is 4. The lowest BCUT2D eigenvalue weighted by Gasteiger charge is -2.34. The molecule has 1 unspecified atom stereocenters. The lowest BCUT2D eigenvalue weighted by molar-refractivity contribution is 0.253. The van der Waals surface area contributed by atoms with Crippen molar-refractivity contribution in [3.63, 3.8) is 0 Å². The molecule has 2 heterocycles. The topological polar surface area (TPSA) is 86.9 Å². The van der Waals surface area contributed by atoms with Gasteiger partial charge in [0.2, 0.25) is 10.0 Å². The summed E-state index contributed by atoms with van der Waals surface area (Å²) in [5.74, 6) is 1.45. The highest BCUT2D eigenvalue weighted by molar-refractivity contribution is 14.0. The van der Waals surface area contributed by atoms with Crippen LogP contribution in [0.5, 0.6) is 0 Å². The first-order valence-electron chi connectivity index (χ1n) is 7.44. The van der Waals surface area contributed by atoms with Crippen LogP contribution in [0, 0.1) is 0 Å². The van der Waals surface area contributed by atoms with E-state index < -0.39 is 10.0 Å². The number of halogens is 1. The number of piperidine rings is 1. The molecule has 7 nitrogen and oxygen atoms in total. The molecule has 0 aromatic carbocycles. The lowest BCUT2D eigenvalue weighted by Crippen LogP contribution is -2.50. The zero-order chi connectivity index (χ0) is 16.0. The van der Waals surface area contributed by atoms with E-state index in [0.717, 1.165) is 25.0 Å². The summed E-state index contributed by atoms with van der Waals surface area (Å²) >= 11 is 0. The molecule has 1 aromatic heterocycles. The molecule has 23 heavy (non-hydrogen) atoms. The number of guanidine groups is 1. The third-order valence-corrected chi connectivity index (χ3v) is 5.07. The van der Waals surface area contributed by atoms with Crippen LogP contribution in [0.15, 0.2) is 27.8 Å². The Morgan fingerprint density at radius 3 is 2.83 bits per heavy atom. The Kier molecular flexibility index (Phi) is 8.34. The van der Waals surface area contributed by atoms with Crippen molar-refractivity contribution in [1.82, 2.24) is 14.9 Å². The van der Waals surface area contributed by atoms with Gasteiger partial charge in [-0.25, -0.2) is 8.42 Å². The van der Waals surface area contributed by atoms with Gasteiger partial charge in [0.25, 0.3) is 0 Å². The van der Waals surface area contributed by atoms with E-state index >= 15 is 0 Å². The molecule has 1 fully saturated rings. The van der Waals surface area contributed by atoms with E-state index in [9.17, 15) is 8.42 Å². The highest BCUT2D eigenvalue weighted by Crippen LogP contribution is 2.19. The first-order valence-corrected chi connectivity index (χ1v) is 9.29. The summed E-state index contributed by atoms with van der Waals surface area (Å²) in [7, 11) is -1.47. The fraction of sp³-hybridized carbons (Fsp3) is 0.643. The van der Waals surface area contributed by atoms with Crippen LogP contribution in [0.3, 0.4) is 0 Å². The van der Waals surface area contributed by atoms with Crippen LogP contribution < -0.4 is 10.6 Å². The van der Waals surface area contributed by atoms with Crippen molar-refractivity contribution in [3.05, 3.63) is 24.2 Å². The Balaban J connectivity index is 0.00000264. The molecule has 1 atom stereocenters. The van der Waals surface area contributed by atoms with E-state index in [-0.39, 0.29) is 30.0 Å². The van der Waals surface area contributed by atoms with Crippen LogP contribution in [0.1, 0.15) is 25.0 Å². The highest BCUT2D eigenvalue weighted by atomic mass is 127. The second kappa shape index (κ2) is 9.48. The van der Waals surface area contributed by atoms with Gasteiger partial charge in [-0.3, -0.25) is 4.99 Å². The standard InChI is InChI=1S/C14H24N4O3S.HI/c1-15-14(17-11-13-7-5-9-21-13)16-10-12-6-3-4-8-18(12)22(2,19)20;/h5,7,9,12H,3-4,6,8,10-11H2,1-2H3,(H2,15,16,17);1H. The second-order valence-electron chi connectivity index (χ2n) is 5.41. The van der Waals surface area contributed by atoms with Crippen molar-refractivity contribution >= 4 is 40.0 Å². The van der Waals surface area contributed by atoms with E-state index in [1.165, 1.54) is 6.26 Å². The third-order valence-electron chi connectivity index (χ3n) is 3.74. The smallest absolute Gasteiger partial charge is 0.211 e. The van der Waals surface area contributed by atoms with Gasteiger partial charge in [-0.15, -0.1) is 24.0 Å². The van der Waals surface area contributed by atoms with Gasteiger partial charge in [0, 0.05) is 26.2 Å². The monoisotopic (exact) mass is 456 g/mol. The minimum atomic E-state index is -3.16. The molecule has 1 aromatic rings. The average Bonchev–Trinajstić information content (AvgIpc) is 3.00. The Bertz CT molecular complexity index is 589. The van der Waals surface area contributed by atoms with Crippen LogP contribution in [0.25, 0.3) is 0 Å². The number of sulfonamides is 1. The third kappa shape index (κ3) is 6.30. The van der Waals surface area contributed by atoms with E-state index in [2.05, 4.69) is 15.6 Å². The number of aliphatic imine (C=N–C) groups is 1. The number of hydrogen-bond donors (Lipinski definition) is 2. The minimum absolute atomic E-state index is 0. The average molecular weight is 456 g/mol. The number of rotatable bonds is 5. The van der Waals surface area contributed by atoms with E-state index in [1.54, 1.807) is 17.6 Å². The van der Waals surface area contributed by atoms with Crippen LogP contribution in [-0.4, -0.2) is 51.1 Å². The van der Waals surface area contributed by atoms with Gasteiger partial charge in [0.05, 0.1) is 19.1 Å². The molecule has 2 N–H and O–H groups in total. The van der Waals surface area contributed by atoms with Crippen molar-refractivity contribution in [1.29, 1.82) is 0 Å². The molecule has 1 saturated heterocycles. The van der Waals surface area contributed by atoms with Gasteiger partial charge in [0.15, 0.2) is 5.96 Å². The van der Waals surface area contributed by atoms with Gasteiger partial charge < -0.3 is 15.1 Å². The van der Waals surface area contributed by atoms with Crippen molar-refractivity contribution in [2.45, 2.75) is 31.8 Å². The molecule has 1 aliphatic heterocycles. The minimum Gasteiger partial charge on any atom is -0.467 e. The molecular weight excluding hydrogens is 431 g/mol. The maximum Gasteiger partial charge on any atom is 0.211 e. The summed E-state index contributed by atoms with van der Waals surface area (Å²) in [5.41, 5.74) is 0. The SMILES string of the molecule is CN=C(NCc1ccco1)NCC1CCCCN1S(C)(=O)=O.I. The molecule has 0 amide bonds. The van der Waals surface area contributed by atoms with E-state index in [0.29, 0.717) is 25.6 Å². The van der Waals surface area contributed by atoms with Gasteiger partial charge >= 0.3 is 0 Å². The summed E-state index contributed by atoms with van der Waals surface area (Å²) in [6, 6.07) is 3.69. The molecule has 0 saturated carbocycles. The first-order chi connectivity index (χ1) is 10.5. The largest absolute Gasteiger partial charge is 0.467 e. The normalized spacial score (nSPS) is 19.9. The fourth-order valence-electron chi connectivity index (χ4n) is 2.63. The highest BCUT2D eigenvalue weighted by Gasteiger charge is 2.29. The molecule has 0 radical (unpaired) electrons. The Labute approximate surface area is 155 Å². The zero-order valence-electron chi connectivity index (χ0n) is 13.5. The summed E-state index contributed by atoms with van der Waals surface area (Å²) in [6.07, 6.45) is 5.75. The van der Waals surface area contributed by atoms with Crippen LogP contribution >= 0.6 is 24.0 Å². The zero-order valence-corrected chi connectivity index (χ0v) is 16.6.